The van der Waals surface area contributed by atoms with Crippen molar-refractivity contribution in [1.29, 1.82) is 0 Å². The number of para-hydroxylation sites is 2. The van der Waals surface area contributed by atoms with Crippen molar-refractivity contribution in [1.82, 2.24) is 4.98 Å². The molecule has 0 bridgehead atoms. The Bertz CT molecular complexity index is 998. The molecule has 0 atom stereocenters. The molecular formula is C22H21N3O3. The summed E-state index contributed by atoms with van der Waals surface area (Å²) in [6.45, 7) is 0. The molecule has 142 valence electrons. The Hall–Kier alpha value is -3.80. The highest BCUT2D eigenvalue weighted by molar-refractivity contribution is 6.03. The van der Waals surface area contributed by atoms with E-state index in [-0.39, 0.29) is 5.91 Å². The number of nitrogen functional groups attached to an aromatic ring is 1. The van der Waals surface area contributed by atoms with Crippen molar-refractivity contribution in [3.8, 4) is 22.8 Å². The van der Waals surface area contributed by atoms with E-state index < -0.39 is 0 Å². The smallest absolute Gasteiger partial charge is 0.248 e. The number of rotatable bonds is 6. The van der Waals surface area contributed by atoms with Gasteiger partial charge in [0.05, 0.1) is 31.3 Å². The van der Waals surface area contributed by atoms with E-state index >= 15 is 0 Å². The van der Waals surface area contributed by atoms with Crippen molar-refractivity contribution < 1.29 is 14.3 Å². The van der Waals surface area contributed by atoms with Gasteiger partial charge in [-0.2, -0.15) is 0 Å². The lowest BCUT2D eigenvalue weighted by Crippen LogP contribution is -2.09. The van der Waals surface area contributed by atoms with Gasteiger partial charge in [0.1, 0.15) is 0 Å². The molecule has 1 heterocycles. The van der Waals surface area contributed by atoms with Gasteiger partial charge in [-0.3, -0.25) is 9.78 Å². The third-order valence-electron chi connectivity index (χ3n) is 4.11. The van der Waals surface area contributed by atoms with Crippen molar-refractivity contribution in [3.05, 3.63) is 72.4 Å². The molecule has 0 unspecified atom stereocenters. The summed E-state index contributed by atoms with van der Waals surface area (Å²) in [4.78, 5) is 16.5. The first-order chi connectivity index (χ1) is 13.6. The molecule has 0 radical (unpaired) electrons. The number of hydrogen-bond acceptors (Lipinski definition) is 5. The number of amides is 1. The second kappa shape index (κ2) is 8.73. The van der Waals surface area contributed by atoms with Crippen molar-refractivity contribution in [3.63, 3.8) is 0 Å². The summed E-state index contributed by atoms with van der Waals surface area (Å²) in [7, 11) is 3.19. The van der Waals surface area contributed by atoms with Crippen LogP contribution in [-0.4, -0.2) is 25.1 Å². The van der Waals surface area contributed by atoms with Crippen LogP contribution in [0.5, 0.6) is 11.5 Å². The molecule has 3 N–H and O–H groups in total. The minimum absolute atomic E-state index is 0.262. The van der Waals surface area contributed by atoms with Gasteiger partial charge in [-0.05, 0) is 48.0 Å². The zero-order chi connectivity index (χ0) is 19.9. The van der Waals surface area contributed by atoms with E-state index in [1.54, 1.807) is 38.6 Å². The van der Waals surface area contributed by atoms with E-state index in [9.17, 15) is 4.79 Å². The van der Waals surface area contributed by atoms with E-state index in [0.29, 0.717) is 22.9 Å². The molecule has 0 aliphatic carbocycles. The number of carbonyl (C=O) groups excluding carboxylic acids is 1. The van der Waals surface area contributed by atoms with Gasteiger partial charge in [0.15, 0.2) is 11.5 Å². The first-order valence-corrected chi connectivity index (χ1v) is 8.62. The number of carbonyl (C=O) groups is 1. The Kier molecular flexibility index (Phi) is 5.91. The lowest BCUT2D eigenvalue weighted by atomic mass is 10.1. The summed E-state index contributed by atoms with van der Waals surface area (Å²) in [5, 5.41) is 2.74. The summed E-state index contributed by atoms with van der Waals surface area (Å²) in [6, 6.07) is 16.5. The molecule has 0 saturated carbocycles. The van der Waals surface area contributed by atoms with Gasteiger partial charge in [0.2, 0.25) is 5.91 Å². The second-order valence-electron chi connectivity index (χ2n) is 5.96. The van der Waals surface area contributed by atoms with Gasteiger partial charge < -0.3 is 20.5 Å². The summed E-state index contributed by atoms with van der Waals surface area (Å²) < 4.78 is 10.6. The lowest BCUT2D eigenvalue weighted by molar-refractivity contribution is -0.111. The fraction of sp³-hybridized carbons (Fsp3) is 0.0909. The summed E-state index contributed by atoms with van der Waals surface area (Å²) in [6.07, 6.45) is 4.84. The summed E-state index contributed by atoms with van der Waals surface area (Å²) in [5.74, 6) is 1.04. The average molecular weight is 375 g/mol. The molecule has 0 spiro atoms. The van der Waals surface area contributed by atoms with E-state index in [2.05, 4.69) is 10.3 Å². The van der Waals surface area contributed by atoms with Crippen molar-refractivity contribution in [2.45, 2.75) is 0 Å². The van der Waals surface area contributed by atoms with Crippen LogP contribution in [0.2, 0.25) is 0 Å². The van der Waals surface area contributed by atoms with Crippen molar-refractivity contribution in [2.24, 2.45) is 0 Å². The van der Waals surface area contributed by atoms with E-state index in [4.69, 9.17) is 15.2 Å². The van der Waals surface area contributed by atoms with Gasteiger partial charge in [-0.15, -0.1) is 0 Å². The highest BCUT2D eigenvalue weighted by Gasteiger charge is 2.07. The molecule has 1 aromatic heterocycles. The molecule has 3 aromatic rings. The summed E-state index contributed by atoms with van der Waals surface area (Å²) >= 11 is 0. The molecule has 0 aliphatic heterocycles. The molecule has 28 heavy (non-hydrogen) atoms. The largest absolute Gasteiger partial charge is 0.493 e. The number of nitrogens with two attached hydrogens (primary N) is 1. The third kappa shape index (κ3) is 4.48. The fourth-order valence-electron chi connectivity index (χ4n) is 2.63. The number of anilines is 2. The monoisotopic (exact) mass is 375 g/mol. The maximum Gasteiger partial charge on any atom is 0.248 e. The lowest BCUT2D eigenvalue weighted by Gasteiger charge is -2.09. The standard InChI is InChI=1S/C22H21N3O3/c1-27-20-11-9-16(13-21(20)28-2)18-10-7-15(14-24-18)8-12-22(26)25-19-6-4-3-5-17(19)23/h3-14H,23H2,1-2H3,(H,25,26). The Balaban J connectivity index is 1.70. The Morgan fingerprint density at radius 1 is 1.04 bits per heavy atom. The summed E-state index contributed by atoms with van der Waals surface area (Å²) in [5.41, 5.74) is 9.43. The van der Waals surface area contributed by atoms with E-state index in [0.717, 1.165) is 16.8 Å². The Morgan fingerprint density at radius 3 is 2.50 bits per heavy atom. The molecule has 0 aliphatic rings. The average Bonchev–Trinajstić information content (AvgIpc) is 2.74. The number of pyridine rings is 1. The molecule has 0 saturated heterocycles. The highest BCUT2D eigenvalue weighted by atomic mass is 16.5. The predicted octanol–water partition coefficient (Wildman–Crippen LogP) is 4.00. The molecule has 3 rings (SSSR count). The zero-order valence-electron chi connectivity index (χ0n) is 15.7. The molecule has 6 nitrogen and oxygen atoms in total. The SMILES string of the molecule is COc1ccc(-c2ccc(C=CC(=O)Nc3ccccc3N)cn2)cc1OC. The van der Waals surface area contributed by atoms with Gasteiger partial charge in [0, 0.05) is 17.8 Å². The number of aromatic nitrogens is 1. The minimum atomic E-state index is -0.262. The van der Waals surface area contributed by atoms with Crippen LogP contribution in [0.3, 0.4) is 0 Å². The molecule has 0 fully saturated rings. The van der Waals surface area contributed by atoms with Gasteiger partial charge in [0.25, 0.3) is 0 Å². The number of methoxy groups -OCH3 is 2. The topological polar surface area (TPSA) is 86.5 Å². The zero-order valence-corrected chi connectivity index (χ0v) is 15.7. The highest BCUT2D eigenvalue weighted by Crippen LogP contribution is 2.31. The molecule has 1 amide bonds. The number of ether oxygens (including phenoxy) is 2. The van der Waals surface area contributed by atoms with Crippen LogP contribution < -0.4 is 20.5 Å². The number of nitrogens with one attached hydrogen (secondary N) is 1. The van der Waals surface area contributed by atoms with Crippen molar-refractivity contribution in [2.75, 3.05) is 25.3 Å². The predicted molar refractivity (Wildman–Crippen MR) is 111 cm³/mol. The van der Waals surface area contributed by atoms with Crippen LogP contribution in [-0.2, 0) is 4.79 Å². The maximum absolute atomic E-state index is 12.1. The van der Waals surface area contributed by atoms with E-state index in [1.165, 1.54) is 6.08 Å². The number of benzene rings is 2. The second-order valence-corrected chi connectivity index (χ2v) is 5.96. The van der Waals surface area contributed by atoms with Gasteiger partial charge in [-0.1, -0.05) is 18.2 Å². The first kappa shape index (κ1) is 19.0. The maximum atomic E-state index is 12.1. The number of hydrogen-bond donors (Lipinski definition) is 2. The van der Waals surface area contributed by atoms with Crippen LogP contribution in [0.4, 0.5) is 11.4 Å². The van der Waals surface area contributed by atoms with Crippen LogP contribution in [0, 0.1) is 0 Å². The Morgan fingerprint density at radius 2 is 1.82 bits per heavy atom. The van der Waals surface area contributed by atoms with Crippen molar-refractivity contribution >= 4 is 23.4 Å². The molecule has 6 heteroatoms. The van der Waals surface area contributed by atoms with Gasteiger partial charge >= 0.3 is 0 Å². The first-order valence-electron chi connectivity index (χ1n) is 8.62. The Labute approximate surface area is 163 Å². The van der Waals surface area contributed by atoms with E-state index in [1.807, 2.05) is 42.5 Å². The quantitative estimate of drug-likeness (QED) is 0.502. The van der Waals surface area contributed by atoms with Gasteiger partial charge in [-0.25, -0.2) is 0 Å². The van der Waals surface area contributed by atoms with Crippen LogP contribution >= 0.6 is 0 Å². The van der Waals surface area contributed by atoms with Crippen LogP contribution in [0.15, 0.2) is 66.9 Å². The van der Waals surface area contributed by atoms with Crippen LogP contribution in [0.1, 0.15) is 5.56 Å². The molecule has 2 aromatic carbocycles. The third-order valence-corrected chi connectivity index (χ3v) is 4.11. The minimum Gasteiger partial charge on any atom is -0.493 e. The number of nitrogens with zero attached hydrogens (tertiary/aromatic N) is 1. The van der Waals surface area contributed by atoms with Crippen LogP contribution in [0.25, 0.3) is 17.3 Å². The molecular weight excluding hydrogens is 354 g/mol. The normalized spacial score (nSPS) is 10.6. The fourth-order valence-corrected chi connectivity index (χ4v) is 2.63.